The van der Waals surface area contributed by atoms with Crippen molar-refractivity contribution in [2.75, 3.05) is 26.3 Å². The van der Waals surface area contributed by atoms with Crippen molar-refractivity contribution in [2.24, 2.45) is 13.0 Å². The molecule has 1 amide bonds. The lowest BCUT2D eigenvalue weighted by molar-refractivity contribution is -0.0956. The zero-order valence-corrected chi connectivity index (χ0v) is 14.4. The lowest BCUT2D eigenvalue weighted by Crippen LogP contribution is -2.41. The molecule has 0 N–H and O–H groups in total. The van der Waals surface area contributed by atoms with Gasteiger partial charge in [-0.15, -0.1) is 11.3 Å². The molecule has 0 spiro atoms. The number of likely N-dealkylation sites (tertiary alicyclic amines) is 1. The highest BCUT2D eigenvalue weighted by atomic mass is 32.1. The molecule has 4 rings (SSSR count). The maximum atomic E-state index is 12.7. The van der Waals surface area contributed by atoms with Crippen molar-refractivity contribution in [3.8, 4) is 10.6 Å². The lowest BCUT2D eigenvalue weighted by Gasteiger charge is -2.33. The van der Waals surface area contributed by atoms with Crippen LogP contribution in [0.5, 0.6) is 0 Å². The van der Waals surface area contributed by atoms with Gasteiger partial charge in [-0.05, 0) is 12.8 Å². The Morgan fingerprint density at radius 3 is 2.71 bits per heavy atom. The van der Waals surface area contributed by atoms with Gasteiger partial charge in [-0.3, -0.25) is 9.48 Å². The Bertz CT molecular complexity index is 714. The van der Waals surface area contributed by atoms with Crippen molar-refractivity contribution in [1.82, 2.24) is 19.7 Å². The van der Waals surface area contributed by atoms with Gasteiger partial charge >= 0.3 is 0 Å². The first-order valence-electron chi connectivity index (χ1n) is 8.18. The number of thiazole rings is 1. The summed E-state index contributed by atoms with van der Waals surface area (Å²) < 4.78 is 12.9. The van der Waals surface area contributed by atoms with Gasteiger partial charge in [0.15, 0.2) is 6.29 Å². The molecule has 0 atom stereocenters. The van der Waals surface area contributed by atoms with Crippen LogP contribution in [0.15, 0.2) is 17.8 Å². The Morgan fingerprint density at radius 1 is 1.29 bits per heavy atom. The summed E-state index contributed by atoms with van der Waals surface area (Å²) in [7, 11) is 1.87. The largest absolute Gasteiger partial charge is 0.350 e. The summed E-state index contributed by atoms with van der Waals surface area (Å²) >= 11 is 1.48. The summed E-state index contributed by atoms with van der Waals surface area (Å²) in [6.07, 6.45) is 5.41. The SMILES string of the molecule is Cn1cc(-c2nc(C(=O)N3CCC(C4OCCO4)CC3)cs2)cn1. The van der Waals surface area contributed by atoms with Crippen LogP contribution in [0.4, 0.5) is 0 Å². The first-order chi connectivity index (χ1) is 11.7. The predicted octanol–water partition coefficient (Wildman–Crippen LogP) is 1.77. The number of ether oxygens (including phenoxy) is 2. The van der Waals surface area contributed by atoms with Crippen LogP contribution in [0.25, 0.3) is 10.6 Å². The Hall–Kier alpha value is -1.77. The first-order valence-corrected chi connectivity index (χ1v) is 9.06. The van der Waals surface area contributed by atoms with Crippen LogP contribution in [-0.2, 0) is 16.5 Å². The highest BCUT2D eigenvalue weighted by molar-refractivity contribution is 7.13. The Kier molecular flexibility index (Phi) is 4.34. The number of nitrogens with zero attached hydrogens (tertiary/aromatic N) is 4. The summed E-state index contributed by atoms with van der Waals surface area (Å²) in [4.78, 5) is 19.0. The fourth-order valence-electron chi connectivity index (χ4n) is 3.22. The van der Waals surface area contributed by atoms with Crippen molar-refractivity contribution in [3.63, 3.8) is 0 Å². The molecular formula is C16H20N4O3S. The number of carbonyl (C=O) groups is 1. The zero-order chi connectivity index (χ0) is 16.5. The van der Waals surface area contributed by atoms with E-state index >= 15 is 0 Å². The Balaban J connectivity index is 1.39. The number of aromatic nitrogens is 3. The van der Waals surface area contributed by atoms with Crippen molar-refractivity contribution in [3.05, 3.63) is 23.5 Å². The third-order valence-electron chi connectivity index (χ3n) is 4.53. The molecule has 0 aromatic carbocycles. The second-order valence-electron chi connectivity index (χ2n) is 6.18. The van der Waals surface area contributed by atoms with Crippen LogP contribution >= 0.6 is 11.3 Å². The summed E-state index contributed by atoms with van der Waals surface area (Å²) in [6.45, 7) is 2.82. The minimum absolute atomic E-state index is 0.00750. The molecule has 0 unspecified atom stereocenters. The third kappa shape index (κ3) is 3.09. The highest BCUT2D eigenvalue weighted by Gasteiger charge is 2.32. The normalized spacial score (nSPS) is 20.0. The van der Waals surface area contributed by atoms with Gasteiger partial charge in [0, 0.05) is 43.2 Å². The molecule has 0 radical (unpaired) electrons. The number of hydrogen-bond donors (Lipinski definition) is 0. The maximum absolute atomic E-state index is 12.7. The molecule has 0 saturated carbocycles. The van der Waals surface area contributed by atoms with E-state index < -0.39 is 0 Å². The van der Waals surface area contributed by atoms with E-state index in [9.17, 15) is 4.79 Å². The Labute approximate surface area is 144 Å². The second kappa shape index (κ2) is 6.62. The molecule has 24 heavy (non-hydrogen) atoms. The standard InChI is InChI=1S/C16H20N4O3S/c1-19-9-12(8-17-19)14-18-13(10-24-14)15(21)20-4-2-11(3-5-20)16-22-6-7-23-16/h8-11,16H,2-7H2,1H3. The minimum Gasteiger partial charge on any atom is -0.350 e. The topological polar surface area (TPSA) is 69.5 Å². The molecule has 0 bridgehead atoms. The zero-order valence-electron chi connectivity index (χ0n) is 13.6. The highest BCUT2D eigenvalue weighted by Crippen LogP contribution is 2.28. The monoisotopic (exact) mass is 348 g/mol. The second-order valence-corrected chi connectivity index (χ2v) is 7.04. The van der Waals surface area contributed by atoms with E-state index in [2.05, 4.69) is 10.1 Å². The molecule has 2 aliphatic heterocycles. The predicted molar refractivity (Wildman–Crippen MR) is 88.6 cm³/mol. The van der Waals surface area contributed by atoms with E-state index in [0.717, 1.165) is 36.5 Å². The molecule has 4 heterocycles. The van der Waals surface area contributed by atoms with Crippen molar-refractivity contribution >= 4 is 17.2 Å². The van der Waals surface area contributed by atoms with Gasteiger partial charge in [0.2, 0.25) is 0 Å². The van der Waals surface area contributed by atoms with Gasteiger partial charge in [0.05, 0.1) is 19.4 Å². The van der Waals surface area contributed by atoms with Gasteiger partial charge in [-0.1, -0.05) is 0 Å². The van der Waals surface area contributed by atoms with Crippen molar-refractivity contribution in [2.45, 2.75) is 19.1 Å². The number of aryl methyl sites for hydroxylation is 1. The smallest absolute Gasteiger partial charge is 0.273 e. The Morgan fingerprint density at radius 2 is 2.04 bits per heavy atom. The van der Waals surface area contributed by atoms with Gasteiger partial charge < -0.3 is 14.4 Å². The van der Waals surface area contributed by atoms with Gasteiger partial charge in [0.1, 0.15) is 10.7 Å². The van der Waals surface area contributed by atoms with Crippen LogP contribution in [0.2, 0.25) is 0 Å². The summed E-state index contributed by atoms with van der Waals surface area (Å²) in [6, 6.07) is 0. The maximum Gasteiger partial charge on any atom is 0.273 e. The minimum atomic E-state index is -0.0845. The number of piperidine rings is 1. The average molecular weight is 348 g/mol. The van der Waals surface area contributed by atoms with Crippen LogP contribution in [0.1, 0.15) is 23.3 Å². The van der Waals surface area contributed by atoms with Crippen LogP contribution < -0.4 is 0 Å². The summed E-state index contributed by atoms with van der Waals surface area (Å²) in [5, 5.41) is 6.81. The number of amides is 1. The van der Waals surface area contributed by atoms with E-state index in [1.807, 2.05) is 23.5 Å². The lowest BCUT2D eigenvalue weighted by atomic mass is 9.96. The van der Waals surface area contributed by atoms with E-state index in [0.29, 0.717) is 24.8 Å². The van der Waals surface area contributed by atoms with Crippen molar-refractivity contribution in [1.29, 1.82) is 0 Å². The van der Waals surface area contributed by atoms with Gasteiger partial charge in [0.25, 0.3) is 5.91 Å². The molecule has 2 aromatic rings. The van der Waals surface area contributed by atoms with E-state index in [1.54, 1.807) is 10.9 Å². The molecule has 2 aromatic heterocycles. The summed E-state index contributed by atoms with van der Waals surface area (Å²) in [5.74, 6) is 0.394. The quantitative estimate of drug-likeness (QED) is 0.845. The van der Waals surface area contributed by atoms with E-state index in [4.69, 9.17) is 9.47 Å². The number of hydrogen-bond acceptors (Lipinski definition) is 6. The van der Waals surface area contributed by atoms with E-state index in [-0.39, 0.29) is 12.2 Å². The van der Waals surface area contributed by atoms with Crippen molar-refractivity contribution < 1.29 is 14.3 Å². The fraction of sp³-hybridized carbons (Fsp3) is 0.562. The van der Waals surface area contributed by atoms with Gasteiger partial charge in [-0.25, -0.2) is 4.98 Å². The number of carbonyl (C=O) groups excluding carboxylic acids is 1. The molecular weight excluding hydrogens is 328 g/mol. The van der Waals surface area contributed by atoms with Gasteiger partial charge in [-0.2, -0.15) is 5.10 Å². The van der Waals surface area contributed by atoms with E-state index in [1.165, 1.54) is 11.3 Å². The number of rotatable bonds is 3. The third-order valence-corrected chi connectivity index (χ3v) is 5.43. The molecule has 2 saturated heterocycles. The fourth-order valence-corrected chi connectivity index (χ4v) is 3.99. The van der Waals surface area contributed by atoms with Crippen LogP contribution in [0.3, 0.4) is 0 Å². The molecule has 7 nitrogen and oxygen atoms in total. The average Bonchev–Trinajstić information content (AvgIpc) is 3.35. The van der Waals surface area contributed by atoms with Crippen LogP contribution in [-0.4, -0.2) is 58.2 Å². The summed E-state index contributed by atoms with van der Waals surface area (Å²) in [5.41, 5.74) is 1.46. The molecule has 8 heteroatoms. The molecule has 0 aliphatic carbocycles. The van der Waals surface area contributed by atoms with Crippen LogP contribution in [0, 0.1) is 5.92 Å². The molecule has 128 valence electrons. The molecule has 2 fully saturated rings. The first kappa shape index (κ1) is 15.7. The molecule has 2 aliphatic rings.